The number of ether oxygens (including phenoxy) is 2. The Hall–Kier alpha value is -1.90. The summed E-state index contributed by atoms with van der Waals surface area (Å²) in [6, 6.07) is 4.19. The molecule has 1 aromatic rings. The summed E-state index contributed by atoms with van der Waals surface area (Å²) in [6.07, 6.45) is 2.18. The molecule has 0 heterocycles. The Morgan fingerprint density at radius 1 is 1.38 bits per heavy atom. The van der Waals surface area contributed by atoms with E-state index in [9.17, 15) is 13.2 Å². The van der Waals surface area contributed by atoms with Crippen molar-refractivity contribution in [2.45, 2.75) is 4.90 Å². The summed E-state index contributed by atoms with van der Waals surface area (Å²) in [5, 5.41) is 8.64. The Morgan fingerprint density at radius 3 is 2.67 bits per heavy atom. The van der Waals surface area contributed by atoms with Gasteiger partial charge in [-0.2, -0.15) is 0 Å². The van der Waals surface area contributed by atoms with Crippen LogP contribution in [0, 0.1) is 0 Å². The van der Waals surface area contributed by atoms with Gasteiger partial charge in [-0.25, -0.2) is 17.9 Å². The van der Waals surface area contributed by atoms with Gasteiger partial charge < -0.3 is 14.6 Å². The molecule has 0 aliphatic carbocycles. The van der Waals surface area contributed by atoms with Crippen LogP contribution in [0.3, 0.4) is 0 Å². The number of benzene rings is 1. The van der Waals surface area contributed by atoms with Crippen molar-refractivity contribution in [1.29, 1.82) is 0 Å². The first kappa shape index (κ1) is 17.2. The Morgan fingerprint density at radius 2 is 2.10 bits per heavy atom. The lowest BCUT2D eigenvalue weighted by Crippen LogP contribution is -2.27. The molecule has 0 fully saturated rings. The Balaban J connectivity index is 3.09. The van der Waals surface area contributed by atoms with Gasteiger partial charge in [-0.05, 0) is 24.3 Å². The molecule has 0 radical (unpaired) electrons. The predicted octanol–water partition coefficient (Wildman–Crippen LogP) is 0.718. The van der Waals surface area contributed by atoms with Crippen molar-refractivity contribution < 1.29 is 27.8 Å². The summed E-state index contributed by atoms with van der Waals surface area (Å²) in [4.78, 5) is 10.6. The lowest BCUT2D eigenvalue weighted by molar-refractivity contribution is -0.131. The van der Waals surface area contributed by atoms with Gasteiger partial charge in [-0.3, -0.25) is 0 Å². The molecule has 0 saturated carbocycles. The highest BCUT2D eigenvalue weighted by molar-refractivity contribution is 7.89. The fourth-order valence-electron chi connectivity index (χ4n) is 1.53. The zero-order valence-electron chi connectivity index (χ0n) is 11.7. The number of hydrogen-bond donors (Lipinski definition) is 2. The average molecular weight is 315 g/mol. The third-order valence-electron chi connectivity index (χ3n) is 2.52. The van der Waals surface area contributed by atoms with E-state index >= 15 is 0 Å². The van der Waals surface area contributed by atoms with Gasteiger partial charge in [-0.15, -0.1) is 0 Å². The van der Waals surface area contributed by atoms with Crippen LogP contribution in [0.2, 0.25) is 0 Å². The van der Waals surface area contributed by atoms with Gasteiger partial charge in [0.15, 0.2) is 0 Å². The summed E-state index contributed by atoms with van der Waals surface area (Å²) in [6.45, 7) is 0.395. The van der Waals surface area contributed by atoms with Gasteiger partial charge in [0.25, 0.3) is 0 Å². The van der Waals surface area contributed by atoms with Crippen LogP contribution < -0.4 is 9.46 Å². The van der Waals surface area contributed by atoms with Crippen LogP contribution >= 0.6 is 0 Å². The minimum Gasteiger partial charge on any atom is -0.496 e. The highest BCUT2D eigenvalue weighted by atomic mass is 32.2. The van der Waals surface area contributed by atoms with Crippen LogP contribution in [0.4, 0.5) is 0 Å². The quantitative estimate of drug-likeness (QED) is 0.541. The lowest BCUT2D eigenvalue weighted by Gasteiger charge is -2.09. The highest BCUT2D eigenvalue weighted by Crippen LogP contribution is 2.23. The minimum absolute atomic E-state index is 0.0180. The molecule has 116 valence electrons. The van der Waals surface area contributed by atoms with E-state index in [-0.39, 0.29) is 18.0 Å². The molecule has 1 aromatic carbocycles. The van der Waals surface area contributed by atoms with Crippen LogP contribution in [0.5, 0.6) is 5.75 Å². The van der Waals surface area contributed by atoms with Crippen molar-refractivity contribution in [2.75, 3.05) is 27.4 Å². The SMILES string of the molecule is COCCNS(=O)(=O)c1ccc(OC)c(C=CC(=O)O)c1. The number of carboxylic acid groups (broad SMARTS) is 1. The van der Waals surface area contributed by atoms with E-state index in [0.717, 1.165) is 6.08 Å². The minimum atomic E-state index is -3.69. The van der Waals surface area contributed by atoms with E-state index in [1.54, 1.807) is 0 Å². The zero-order chi connectivity index (χ0) is 15.9. The molecule has 0 aliphatic heterocycles. The maximum atomic E-state index is 12.0. The van der Waals surface area contributed by atoms with Crippen molar-refractivity contribution in [3.63, 3.8) is 0 Å². The predicted molar refractivity (Wildman–Crippen MR) is 76.7 cm³/mol. The number of aliphatic carboxylic acids is 1. The molecule has 2 N–H and O–H groups in total. The molecule has 0 saturated heterocycles. The third kappa shape index (κ3) is 5.18. The van der Waals surface area contributed by atoms with Crippen molar-refractivity contribution in [3.8, 4) is 5.75 Å². The Labute approximate surface area is 123 Å². The molecule has 8 heteroatoms. The fraction of sp³-hybridized carbons (Fsp3) is 0.308. The van der Waals surface area contributed by atoms with Crippen LogP contribution in [0.15, 0.2) is 29.2 Å². The number of sulfonamides is 1. The maximum Gasteiger partial charge on any atom is 0.328 e. The summed E-state index contributed by atoms with van der Waals surface area (Å²) in [5.74, 6) is -0.758. The Bertz CT molecular complexity index is 624. The van der Waals surface area contributed by atoms with E-state index in [0.29, 0.717) is 11.3 Å². The number of nitrogens with one attached hydrogen (secondary N) is 1. The second-order valence-electron chi connectivity index (χ2n) is 3.97. The van der Waals surface area contributed by atoms with Crippen molar-refractivity contribution in [2.24, 2.45) is 0 Å². The van der Waals surface area contributed by atoms with Crippen LogP contribution in [0.25, 0.3) is 6.08 Å². The van der Waals surface area contributed by atoms with E-state index in [2.05, 4.69) is 4.72 Å². The first-order valence-corrected chi connectivity index (χ1v) is 7.46. The van der Waals surface area contributed by atoms with Gasteiger partial charge in [0, 0.05) is 25.3 Å². The molecule has 0 aromatic heterocycles. The number of carboxylic acids is 1. The van der Waals surface area contributed by atoms with E-state index in [1.807, 2.05) is 0 Å². The molecule has 0 atom stereocenters. The van der Waals surface area contributed by atoms with Crippen LogP contribution in [0.1, 0.15) is 5.56 Å². The molecule has 1 rings (SSSR count). The van der Waals surface area contributed by atoms with Gasteiger partial charge in [0.1, 0.15) is 5.75 Å². The van der Waals surface area contributed by atoms with E-state index < -0.39 is 16.0 Å². The fourth-order valence-corrected chi connectivity index (χ4v) is 2.58. The summed E-state index contributed by atoms with van der Waals surface area (Å²) >= 11 is 0. The largest absolute Gasteiger partial charge is 0.496 e. The standard InChI is InChI=1S/C13H17NO6S/c1-19-8-7-14-21(17,18)11-4-5-12(20-2)10(9-11)3-6-13(15)16/h3-6,9,14H,7-8H2,1-2H3,(H,15,16). The first-order chi connectivity index (χ1) is 9.90. The monoisotopic (exact) mass is 315 g/mol. The third-order valence-corrected chi connectivity index (χ3v) is 3.97. The van der Waals surface area contributed by atoms with Gasteiger partial charge >= 0.3 is 5.97 Å². The molecular formula is C13H17NO6S. The number of hydrogen-bond acceptors (Lipinski definition) is 5. The normalized spacial score (nSPS) is 11.7. The zero-order valence-corrected chi connectivity index (χ0v) is 12.5. The first-order valence-electron chi connectivity index (χ1n) is 5.98. The second kappa shape index (κ2) is 7.77. The molecule has 0 bridgehead atoms. The van der Waals surface area contributed by atoms with Crippen molar-refractivity contribution >= 4 is 22.1 Å². The van der Waals surface area contributed by atoms with Gasteiger partial charge in [0.05, 0.1) is 18.6 Å². The summed E-state index contributed by atoms with van der Waals surface area (Å²) in [7, 11) is -0.802. The summed E-state index contributed by atoms with van der Waals surface area (Å²) in [5.41, 5.74) is 0.356. The molecule has 0 aliphatic rings. The smallest absolute Gasteiger partial charge is 0.328 e. The number of carbonyl (C=O) groups is 1. The molecule has 0 unspecified atom stereocenters. The van der Waals surface area contributed by atoms with Crippen LogP contribution in [-0.2, 0) is 19.6 Å². The molecule has 21 heavy (non-hydrogen) atoms. The highest BCUT2D eigenvalue weighted by Gasteiger charge is 2.15. The molecular weight excluding hydrogens is 298 g/mol. The number of methoxy groups -OCH3 is 2. The maximum absolute atomic E-state index is 12.0. The Kier molecular flexibility index (Phi) is 6.35. The van der Waals surface area contributed by atoms with Gasteiger partial charge in [-0.1, -0.05) is 0 Å². The second-order valence-corrected chi connectivity index (χ2v) is 5.73. The number of rotatable bonds is 8. The van der Waals surface area contributed by atoms with Crippen molar-refractivity contribution in [3.05, 3.63) is 29.8 Å². The van der Waals surface area contributed by atoms with Crippen molar-refractivity contribution in [1.82, 2.24) is 4.72 Å². The van der Waals surface area contributed by atoms with Gasteiger partial charge in [0.2, 0.25) is 10.0 Å². The van der Waals surface area contributed by atoms with E-state index in [4.69, 9.17) is 14.6 Å². The van der Waals surface area contributed by atoms with Crippen LogP contribution in [-0.4, -0.2) is 46.9 Å². The molecule has 7 nitrogen and oxygen atoms in total. The lowest BCUT2D eigenvalue weighted by atomic mass is 10.2. The van der Waals surface area contributed by atoms with E-state index in [1.165, 1.54) is 38.5 Å². The topological polar surface area (TPSA) is 102 Å². The average Bonchev–Trinajstić information content (AvgIpc) is 2.44. The molecule has 0 spiro atoms. The molecule has 0 amide bonds. The summed E-state index contributed by atoms with van der Waals surface area (Å²) < 4.78 is 36.3.